The van der Waals surface area contributed by atoms with Crippen molar-refractivity contribution in [3.05, 3.63) is 35.0 Å². The molecule has 4 heterocycles. The number of aromatic nitrogens is 4. The van der Waals surface area contributed by atoms with Gasteiger partial charge < -0.3 is 14.9 Å². The van der Waals surface area contributed by atoms with Crippen LogP contribution in [0.25, 0.3) is 0 Å². The molecule has 0 unspecified atom stereocenters. The Kier molecular flexibility index (Phi) is 4.58. The summed E-state index contributed by atoms with van der Waals surface area (Å²) in [6.07, 6.45) is 6.20. The Morgan fingerprint density at radius 2 is 2.04 bits per heavy atom. The average molecular weight is 356 g/mol. The monoisotopic (exact) mass is 356 g/mol. The number of rotatable bonds is 4. The molecule has 1 N–H and O–H groups in total. The summed E-state index contributed by atoms with van der Waals surface area (Å²) >= 11 is 0. The van der Waals surface area contributed by atoms with Gasteiger partial charge in [-0.2, -0.15) is 5.10 Å². The molecule has 0 aliphatic carbocycles. The van der Waals surface area contributed by atoms with Crippen molar-refractivity contribution in [2.45, 2.75) is 45.9 Å². The molecule has 26 heavy (non-hydrogen) atoms. The van der Waals surface area contributed by atoms with Crippen molar-refractivity contribution in [2.75, 3.05) is 24.5 Å². The highest BCUT2D eigenvalue weighted by atomic mass is 16.3. The van der Waals surface area contributed by atoms with Crippen molar-refractivity contribution in [3.63, 3.8) is 0 Å². The lowest BCUT2D eigenvalue weighted by atomic mass is 10.1. The van der Waals surface area contributed by atoms with Gasteiger partial charge >= 0.3 is 0 Å². The van der Waals surface area contributed by atoms with E-state index < -0.39 is 0 Å². The summed E-state index contributed by atoms with van der Waals surface area (Å²) in [4.78, 5) is 25.4. The first-order valence-corrected chi connectivity index (χ1v) is 9.25. The molecule has 138 valence electrons. The molecule has 0 aromatic carbocycles. The number of anilines is 1. The normalized spacial score (nSPS) is 16.8. The summed E-state index contributed by atoms with van der Waals surface area (Å²) < 4.78 is 1.97. The van der Waals surface area contributed by atoms with Crippen LogP contribution in [0.15, 0.2) is 12.4 Å². The fourth-order valence-corrected chi connectivity index (χ4v) is 3.84. The number of carbonyl (C=O) groups excluding carboxylic acids is 1. The van der Waals surface area contributed by atoms with Crippen molar-refractivity contribution in [1.82, 2.24) is 24.6 Å². The van der Waals surface area contributed by atoms with Gasteiger partial charge in [-0.1, -0.05) is 0 Å². The van der Waals surface area contributed by atoms with Gasteiger partial charge in [-0.3, -0.25) is 14.5 Å². The van der Waals surface area contributed by atoms with Crippen LogP contribution < -0.4 is 4.90 Å². The maximum absolute atomic E-state index is 12.6. The summed E-state index contributed by atoms with van der Waals surface area (Å²) in [5.74, 6) is 0.665. The van der Waals surface area contributed by atoms with Gasteiger partial charge in [-0.25, -0.2) is 4.98 Å². The molecule has 2 aliphatic heterocycles. The zero-order valence-electron chi connectivity index (χ0n) is 15.1. The van der Waals surface area contributed by atoms with E-state index in [9.17, 15) is 9.90 Å². The second-order valence-corrected chi connectivity index (χ2v) is 6.78. The molecule has 0 bridgehead atoms. The van der Waals surface area contributed by atoms with Crippen molar-refractivity contribution >= 4 is 11.7 Å². The standard InChI is InChI=1S/C18H24N6O2/c1-2-24-16-5-8-23(11-13(16)15(12-25)21-24)17-10-19-9-14(20-17)18(26)22-6-3-4-7-22/h9-10,25H,2-8,11-12H2,1H3. The molecule has 0 spiro atoms. The summed E-state index contributed by atoms with van der Waals surface area (Å²) in [6.45, 7) is 5.80. The van der Waals surface area contributed by atoms with Gasteiger partial charge in [0.05, 0.1) is 24.7 Å². The van der Waals surface area contributed by atoms with Crippen LogP contribution in [0.3, 0.4) is 0 Å². The van der Waals surface area contributed by atoms with E-state index in [4.69, 9.17) is 0 Å². The predicted molar refractivity (Wildman–Crippen MR) is 95.7 cm³/mol. The lowest BCUT2D eigenvalue weighted by molar-refractivity contribution is 0.0786. The number of likely N-dealkylation sites (tertiary alicyclic amines) is 1. The first-order chi connectivity index (χ1) is 12.7. The first kappa shape index (κ1) is 17.0. The highest BCUT2D eigenvalue weighted by Gasteiger charge is 2.26. The molecule has 8 heteroatoms. The zero-order chi connectivity index (χ0) is 18.1. The van der Waals surface area contributed by atoms with Crippen LogP contribution in [0.4, 0.5) is 5.82 Å². The third-order valence-corrected chi connectivity index (χ3v) is 5.22. The minimum atomic E-state index is -0.0671. The van der Waals surface area contributed by atoms with E-state index in [2.05, 4.69) is 26.9 Å². The highest BCUT2D eigenvalue weighted by Crippen LogP contribution is 2.26. The third kappa shape index (κ3) is 2.94. The summed E-state index contributed by atoms with van der Waals surface area (Å²) in [5, 5.41) is 14.1. The topological polar surface area (TPSA) is 87.4 Å². The van der Waals surface area contributed by atoms with Crippen molar-refractivity contribution in [2.24, 2.45) is 0 Å². The van der Waals surface area contributed by atoms with E-state index in [1.165, 1.54) is 5.69 Å². The third-order valence-electron chi connectivity index (χ3n) is 5.22. The van der Waals surface area contributed by atoms with E-state index in [1.807, 2.05) is 9.58 Å². The van der Waals surface area contributed by atoms with Gasteiger partial charge in [-0.15, -0.1) is 0 Å². The van der Waals surface area contributed by atoms with Crippen LogP contribution >= 0.6 is 0 Å². The molecular formula is C18H24N6O2. The number of aliphatic hydroxyl groups excluding tert-OH is 1. The molecule has 2 aromatic heterocycles. The fraction of sp³-hybridized carbons (Fsp3) is 0.556. The van der Waals surface area contributed by atoms with Crippen LogP contribution in [0.5, 0.6) is 0 Å². The highest BCUT2D eigenvalue weighted by molar-refractivity contribution is 5.92. The maximum Gasteiger partial charge on any atom is 0.274 e. The number of hydrogen-bond donors (Lipinski definition) is 1. The second kappa shape index (κ2) is 7.03. The molecule has 2 aromatic rings. The van der Waals surface area contributed by atoms with Gasteiger partial charge in [0.15, 0.2) is 0 Å². The fourth-order valence-electron chi connectivity index (χ4n) is 3.84. The van der Waals surface area contributed by atoms with Crippen molar-refractivity contribution < 1.29 is 9.90 Å². The lowest BCUT2D eigenvalue weighted by Gasteiger charge is -2.28. The predicted octanol–water partition coefficient (Wildman–Crippen LogP) is 0.984. The van der Waals surface area contributed by atoms with Crippen LogP contribution in [-0.4, -0.2) is 55.3 Å². The molecule has 0 atom stereocenters. The van der Waals surface area contributed by atoms with Gasteiger partial charge in [-0.05, 0) is 19.8 Å². The Hall–Kier alpha value is -2.48. The minimum absolute atomic E-state index is 0.0376. The summed E-state index contributed by atoms with van der Waals surface area (Å²) in [7, 11) is 0. The Morgan fingerprint density at radius 1 is 1.23 bits per heavy atom. The van der Waals surface area contributed by atoms with E-state index in [0.717, 1.165) is 56.7 Å². The molecule has 0 saturated carbocycles. The maximum atomic E-state index is 12.6. The van der Waals surface area contributed by atoms with Crippen LogP contribution in [0, 0.1) is 0 Å². The molecule has 2 aliphatic rings. The van der Waals surface area contributed by atoms with Gasteiger partial charge in [0.25, 0.3) is 5.91 Å². The lowest BCUT2D eigenvalue weighted by Crippen LogP contribution is -2.33. The smallest absolute Gasteiger partial charge is 0.274 e. The van der Waals surface area contributed by atoms with E-state index in [-0.39, 0.29) is 12.5 Å². The van der Waals surface area contributed by atoms with Gasteiger partial charge in [0.2, 0.25) is 0 Å². The Labute approximate surface area is 152 Å². The number of aliphatic hydroxyl groups is 1. The quantitative estimate of drug-likeness (QED) is 0.879. The largest absolute Gasteiger partial charge is 0.390 e. The van der Waals surface area contributed by atoms with Crippen molar-refractivity contribution in [1.29, 1.82) is 0 Å². The number of aryl methyl sites for hydroxylation is 1. The first-order valence-electron chi connectivity index (χ1n) is 9.25. The van der Waals surface area contributed by atoms with Gasteiger partial charge in [0.1, 0.15) is 11.5 Å². The Balaban J connectivity index is 1.58. The van der Waals surface area contributed by atoms with E-state index in [1.54, 1.807) is 12.4 Å². The molecule has 8 nitrogen and oxygen atoms in total. The van der Waals surface area contributed by atoms with Crippen LogP contribution in [0.1, 0.15) is 47.2 Å². The van der Waals surface area contributed by atoms with E-state index in [0.29, 0.717) is 18.1 Å². The Morgan fingerprint density at radius 3 is 2.77 bits per heavy atom. The number of nitrogens with zero attached hydrogens (tertiary/aromatic N) is 6. The molecular weight excluding hydrogens is 332 g/mol. The number of carbonyl (C=O) groups is 1. The molecule has 1 saturated heterocycles. The van der Waals surface area contributed by atoms with Crippen LogP contribution in [0.2, 0.25) is 0 Å². The molecule has 4 rings (SSSR count). The summed E-state index contributed by atoms with van der Waals surface area (Å²) in [5.41, 5.74) is 3.38. The minimum Gasteiger partial charge on any atom is -0.390 e. The molecule has 0 radical (unpaired) electrons. The average Bonchev–Trinajstić information content (AvgIpc) is 3.34. The zero-order valence-corrected chi connectivity index (χ0v) is 15.1. The number of hydrogen-bond acceptors (Lipinski definition) is 6. The Bertz CT molecular complexity index is 812. The summed E-state index contributed by atoms with van der Waals surface area (Å²) in [6, 6.07) is 0. The number of fused-ring (bicyclic) bond motifs is 1. The number of amides is 1. The van der Waals surface area contributed by atoms with Crippen molar-refractivity contribution in [3.8, 4) is 0 Å². The van der Waals surface area contributed by atoms with E-state index >= 15 is 0 Å². The molecule has 1 amide bonds. The SMILES string of the molecule is CCn1nc(CO)c2c1CCN(c1cncc(C(=O)N3CCCC3)n1)C2. The second-order valence-electron chi connectivity index (χ2n) is 6.78. The van der Waals surface area contributed by atoms with Crippen LogP contribution in [-0.2, 0) is 26.1 Å². The molecule has 1 fully saturated rings. The van der Waals surface area contributed by atoms with Gasteiger partial charge in [0, 0.05) is 50.4 Å².